The molecule has 1 amide bonds. The van der Waals surface area contributed by atoms with E-state index < -0.39 is 0 Å². The summed E-state index contributed by atoms with van der Waals surface area (Å²) >= 11 is 4.17. The maximum absolute atomic E-state index is 11.1. The van der Waals surface area contributed by atoms with Gasteiger partial charge in [0.25, 0.3) is 0 Å². The van der Waals surface area contributed by atoms with Crippen molar-refractivity contribution in [1.82, 2.24) is 4.90 Å². The molecule has 10 heavy (non-hydrogen) atoms. The van der Waals surface area contributed by atoms with Crippen molar-refractivity contribution >= 4 is 18.5 Å². The number of rotatable bonds is 2. The fourth-order valence-corrected chi connectivity index (χ4v) is 0.781. The van der Waals surface area contributed by atoms with Crippen LogP contribution in [0.2, 0.25) is 0 Å². The lowest BCUT2D eigenvalue weighted by Gasteiger charge is -2.18. The zero-order valence-corrected chi connectivity index (χ0v) is 7.85. The van der Waals surface area contributed by atoms with Crippen molar-refractivity contribution in [1.29, 1.82) is 0 Å². The second kappa shape index (κ2) is 3.86. The summed E-state index contributed by atoms with van der Waals surface area (Å²) in [5.41, 5.74) is 0. The van der Waals surface area contributed by atoms with E-state index in [2.05, 4.69) is 12.6 Å². The molecule has 1 atom stereocenters. The van der Waals surface area contributed by atoms with Crippen LogP contribution in [-0.4, -0.2) is 30.2 Å². The first kappa shape index (κ1) is 9.82. The quantitative estimate of drug-likeness (QED) is 0.600. The lowest BCUT2D eigenvalue weighted by molar-refractivity contribution is -0.128. The van der Waals surface area contributed by atoms with E-state index in [4.69, 9.17) is 0 Å². The van der Waals surface area contributed by atoms with Gasteiger partial charge in [-0.15, -0.1) is 0 Å². The average Bonchev–Trinajstić information content (AvgIpc) is 1.84. The Labute approximate surface area is 68.0 Å². The van der Waals surface area contributed by atoms with Crippen LogP contribution >= 0.6 is 12.6 Å². The fourth-order valence-electron chi connectivity index (χ4n) is 0.550. The molecule has 0 radical (unpaired) electrons. The van der Waals surface area contributed by atoms with E-state index in [1.165, 1.54) is 0 Å². The third-order valence-electron chi connectivity index (χ3n) is 1.33. The van der Waals surface area contributed by atoms with Gasteiger partial charge in [0.05, 0.1) is 5.25 Å². The molecule has 0 aliphatic heterocycles. The molecule has 0 spiro atoms. The number of carbonyl (C=O) groups is 1. The molecule has 0 aliphatic rings. The van der Waals surface area contributed by atoms with Crippen LogP contribution in [0.5, 0.6) is 0 Å². The van der Waals surface area contributed by atoms with Crippen LogP contribution in [0.25, 0.3) is 0 Å². The molecule has 0 N–H and O–H groups in total. The molecular formula is C7H15NOS. The van der Waals surface area contributed by atoms with E-state index >= 15 is 0 Å². The predicted octanol–water partition coefficient (Wildman–Crippen LogP) is 1.03. The summed E-state index contributed by atoms with van der Waals surface area (Å²) in [5.74, 6) is 0.386. The maximum atomic E-state index is 11.1. The highest BCUT2D eigenvalue weighted by atomic mass is 32.1. The van der Waals surface area contributed by atoms with Gasteiger partial charge in [-0.3, -0.25) is 4.79 Å². The minimum absolute atomic E-state index is 0.0818. The van der Waals surface area contributed by atoms with E-state index in [9.17, 15) is 4.79 Å². The predicted molar refractivity (Wildman–Crippen MR) is 46.3 cm³/mol. The minimum Gasteiger partial charge on any atom is -0.348 e. The van der Waals surface area contributed by atoms with E-state index in [1.807, 2.05) is 13.8 Å². The lowest BCUT2D eigenvalue weighted by Crippen LogP contribution is -2.33. The second-order valence-corrected chi connectivity index (χ2v) is 3.48. The number of amides is 1. The SMILES string of the molecule is CC(C)C(S)C(=O)N(C)C. The molecule has 0 aromatic carbocycles. The second-order valence-electron chi connectivity index (χ2n) is 2.92. The van der Waals surface area contributed by atoms with Gasteiger partial charge in [-0.25, -0.2) is 0 Å². The van der Waals surface area contributed by atoms with Crippen molar-refractivity contribution in [2.24, 2.45) is 5.92 Å². The summed E-state index contributed by atoms with van der Waals surface area (Å²) in [6.45, 7) is 3.97. The number of hydrogen-bond acceptors (Lipinski definition) is 2. The van der Waals surface area contributed by atoms with Gasteiger partial charge in [-0.2, -0.15) is 12.6 Å². The van der Waals surface area contributed by atoms with Crippen LogP contribution in [0.1, 0.15) is 13.8 Å². The Kier molecular flexibility index (Phi) is 3.79. The molecule has 60 valence electrons. The van der Waals surface area contributed by atoms with E-state index in [1.54, 1.807) is 19.0 Å². The summed E-state index contributed by atoms with van der Waals surface area (Å²) in [6.07, 6.45) is 0. The Hall–Kier alpha value is -0.180. The number of nitrogens with zero attached hydrogens (tertiary/aromatic N) is 1. The number of carbonyl (C=O) groups excluding carboxylic acids is 1. The normalized spacial score (nSPS) is 13.4. The molecule has 0 fully saturated rings. The van der Waals surface area contributed by atoms with Gasteiger partial charge >= 0.3 is 0 Å². The fraction of sp³-hybridized carbons (Fsp3) is 0.857. The summed E-state index contributed by atoms with van der Waals surface area (Å²) in [4.78, 5) is 12.7. The van der Waals surface area contributed by atoms with Gasteiger partial charge in [-0.05, 0) is 5.92 Å². The highest BCUT2D eigenvalue weighted by Crippen LogP contribution is 2.10. The minimum atomic E-state index is -0.157. The third-order valence-corrected chi connectivity index (χ3v) is 2.14. The summed E-state index contributed by atoms with van der Waals surface area (Å²) in [5, 5.41) is -0.157. The Balaban J connectivity index is 3.95. The monoisotopic (exact) mass is 161 g/mol. The van der Waals surface area contributed by atoms with Crippen molar-refractivity contribution in [2.45, 2.75) is 19.1 Å². The Morgan fingerprint density at radius 3 is 1.90 bits per heavy atom. The van der Waals surface area contributed by atoms with E-state index in [0.717, 1.165) is 0 Å². The third kappa shape index (κ3) is 2.60. The highest BCUT2D eigenvalue weighted by molar-refractivity contribution is 7.81. The topological polar surface area (TPSA) is 20.3 Å². The molecular weight excluding hydrogens is 146 g/mol. The van der Waals surface area contributed by atoms with Crippen molar-refractivity contribution < 1.29 is 4.79 Å². The molecule has 0 saturated carbocycles. The zero-order chi connectivity index (χ0) is 8.31. The average molecular weight is 161 g/mol. The first-order valence-electron chi connectivity index (χ1n) is 3.36. The van der Waals surface area contributed by atoms with Crippen LogP contribution in [0.4, 0.5) is 0 Å². The Morgan fingerprint density at radius 2 is 1.80 bits per heavy atom. The van der Waals surface area contributed by atoms with Crippen molar-refractivity contribution in [2.75, 3.05) is 14.1 Å². The van der Waals surface area contributed by atoms with Crippen molar-refractivity contribution in [3.8, 4) is 0 Å². The number of hydrogen-bond donors (Lipinski definition) is 1. The Bertz CT molecular complexity index is 123. The standard InChI is InChI=1S/C7H15NOS/c1-5(2)6(10)7(9)8(3)4/h5-6,10H,1-4H3. The summed E-state index contributed by atoms with van der Waals surface area (Å²) in [7, 11) is 3.49. The molecule has 0 heterocycles. The van der Waals surface area contributed by atoms with Gasteiger partial charge in [0.15, 0.2) is 0 Å². The largest absolute Gasteiger partial charge is 0.348 e. The molecule has 0 bridgehead atoms. The Morgan fingerprint density at radius 1 is 1.40 bits per heavy atom. The van der Waals surface area contributed by atoms with Crippen LogP contribution in [0, 0.1) is 5.92 Å². The first-order valence-corrected chi connectivity index (χ1v) is 3.87. The molecule has 1 unspecified atom stereocenters. The van der Waals surface area contributed by atoms with Gasteiger partial charge < -0.3 is 4.90 Å². The summed E-state index contributed by atoms with van der Waals surface area (Å²) in [6, 6.07) is 0. The highest BCUT2D eigenvalue weighted by Gasteiger charge is 2.18. The number of thiol groups is 1. The maximum Gasteiger partial charge on any atom is 0.235 e. The molecule has 3 heteroatoms. The van der Waals surface area contributed by atoms with Gasteiger partial charge in [0.1, 0.15) is 0 Å². The van der Waals surface area contributed by atoms with Gasteiger partial charge in [0.2, 0.25) is 5.91 Å². The van der Waals surface area contributed by atoms with Crippen LogP contribution in [0.3, 0.4) is 0 Å². The smallest absolute Gasteiger partial charge is 0.235 e. The van der Waals surface area contributed by atoms with Crippen LogP contribution in [-0.2, 0) is 4.79 Å². The molecule has 0 aromatic heterocycles. The van der Waals surface area contributed by atoms with Crippen molar-refractivity contribution in [3.05, 3.63) is 0 Å². The molecule has 0 aromatic rings. The van der Waals surface area contributed by atoms with Crippen LogP contribution in [0.15, 0.2) is 0 Å². The van der Waals surface area contributed by atoms with Crippen molar-refractivity contribution in [3.63, 3.8) is 0 Å². The molecule has 2 nitrogen and oxygen atoms in total. The van der Waals surface area contributed by atoms with E-state index in [0.29, 0.717) is 5.92 Å². The van der Waals surface area contributed by atoms with Gasteiger partial charge in [-0.1, -0.05) is 13.8 Å². The van der Waals surface area contributed by atoms with Crippen LogP contribution < -0.4 is 0 Å². The van der Waals surface area contributed by atoms with Gasteiger partial charge in [0, 0.05) is 14.1 Å². The first-order chi connectivity index (χ1) is 4.46. The molecule has 0 saturated heterocycles. The molecule has 0 rings (SSSR count). The zero-order valence-electron chi connectivity index (χ0n) is 6.96. The van der Waals surface area contributed by atoms with E-state index in [-0.39, 0.29) is 11.2 Å². The summed E-state index contributed by atoms with van der Waals surface area (Å²) < 4.78 is 0. The lowest BCUT2D eigenvalue weighted by atomic mass is 10.1. The molecule has 0 aliphatic carbocycles.